The van der Waals surface area contributed by atoms with Crippen LogP contribution in [0.4, 0.5) is 0 Å². The van der Waals surface area contributed by atoms with Gasteiger partial charge in [0.1, 0.15) is 12.4 Å². The van der Waals surface area contributed by atoms with Crippen LogP contribution in [0.5, 0.6) is 5.75 Å². The van der Waals surface area contributed by atoms with E-state index < -0.39 is 5.97 Å². The number of aryl methyl sites for hydroxylation is 1. The lowest BCUT2D eigenvalue weighted by molar-refractivity contribution is -0.136. The molecule has 0 fully saturated rings. The fourth-order valence-corrected chi connectivity index (χ4v) is 3.50. The second-order valence-corrected chi connectivity index (χ2v) is 7.08. The zero-order valence-electron chi connectivity index (χ0n) is 15.2. The van der Waals surface area contributed by atoms with Gasteiger partial charge in [0.25, 0.3) is 0 Å². The van der Waals surface area contributed by atoms with Crippen molar-refractivity contribution in [3.05, 3.63) is 83.9 Å². The standard InChI is InChI=1S/C23H22O3S/c1-27-22-8-3-2-7-21(22)19-6-4-5-18(15-19)16-26-20-12-9-17(10-13-20)11-14-23(24)25/h2-10,12-13,15H,11,14,16H2,1H3,(H,24,25). The first-order valence-electron chi connectivity index (χ1n) is 8.81. The van der Waals surface area contributed by atoms with Crippen LogP contribution < -0.4 is 4.74 Å². The molecule has 27 heavy (non-hydrogen) atoms. The van der Waals surface area contributed by atoms with Crippen molar-refractivity contribution in [2.45, 2.75) is 24.3 Å². The van der Waals surface area contributed by atoms with Crippen molar-refractivity contribution >= 4 is 17.7 Å². The van der Waals surface area contributed by atoms with Crippen LogP contribution in [-0.4, -0.2) is 17.3 Å². The first kappa shape index (κ1) is 19.1. The monoisotopic (exact) mass is 378 g/mol. The normalized spacial score (nSPS) is 10.6. The Morgan fingerprint density at radius 2 is 1.74 bits per heavy atom. The number of hydrogen-bond donors (Lipinski definition) is 1. The highest BCUT2D eigenvalue weighted by Gasteiger charge is 2.05. The van der Waals surface area contributed by atoms with Gasteiger partial charge in [-0.15, -0.1) is 11.8 Å². The van der Waals surface area contributed by atoms with Crippen molar-refractivity contribution in [2.75, 3.05) is 6.26 Å². The van der Waals surface area contributed by atoms with Gasteiger partial charge in [0, 0.05) is 11.3 Å². The Morgan fingerprint density at radius 3 is 2.48 bits per heavy atom. The van der Waals surface area contributed by atoms with Crippen molar-refractivity contribution in [3.8, 4) is 16.9 Å². The fourth-order valence-electron chi connectivity index (χ4n) is 2.88. The molecule has 0 aliphatic carbocycles. The molecule has 0 aliphatic rings. The Kier molecular flexibility index (Phi) is 6.55. The third kappa shape index (κ3) is 5.38. The van der Waals surface area contributed by atoms with E-state index in [1.54, 1.807) is 11.8 Å². The van der Waals surface area contributed by atoms with Crippen LogP contribution >= 0.6 is 11.8 Å². The van der Waals surface area contributed by atoms with Gasteiger partial charge >= 0.3 is 5.97 Å². The molecule has 1 N–H and O–H groups in total. The van der Waals surface area contributed by atoms with Crippen LogP contribution in [0.15, 0.2) is 77.7 Å². The Labute approximate surface area is 164 Å². The molecule has 0 heterocycles. The molecular formula is C23H22O3S. The summed E-state index contributed by atoms with van der Waals surface area (Å²) in [4.78, 5) is 11.9. The minimum atomic E-state index is -0.779. The summed E-state index contributed by atoms with van der Waals surface area (Å²) in [6.07, 6.45) is 2.77. The second-order valence-electron chi connectivity index (χ2n) is 6.23. The van der Waals surface area contributed by atoms with E-state index >= 15 is 0 Å². The van der Waals surface area contributed by atoms with Gasteiger partial charge in [0.15, 0.2) is 0 Å². The molecular weight excluding hydrogens is 356 g/mol. The quantitative estimate of drug-likeness (QED) is 0.513. The summed E-state index contributed by atoms with van der Waals surface area (Å²) in [5.41, 5.74) is 4.53. The van der Waals surface area contributed by atoms with E-state index in [4.69, 9.17) is 9.84 Å². The van der Waals surface area contributed by atoms with Gasteiger partial charge in [-0.05, 0) is 59.2 Å². The Hall–Kier alpha value is -2.72. The minimum Gasteiger partial charge on any atom is -0.489 e. The first-order chi connectivity index (χ1) is 13.2. The van der Waals surface area contributed by atoms with E-state index in [-0.39, 0.29) is 6.42 Å². The highest BCUT2D eigenvalue weighted by molar-refractivity contribution is 7.98. The summed E-state index contributed by atoms with van der Waals surface area (Å²) in [5.74, 6) is 0.00208. The van der Waals surface area contributed by atoms with Crippen molar-refractivity contribution in [1.29, 1.82) is 0 Å². The molecule has 0 aromatic heterocycles. The lowest BCUT2D eigenvalue weighted by Crippen LogP contribution is -1.98. The van der Waals surface area contributed by atoms with Gasteiger partial charge < -0.3 is 9.84 Å². The van der Waals surface area contributed by atoms with Crippen LogP contribution in [0.2, 0.25) is 0 Å². The molecule has 4 heteroatoms. The number of thioether (sulfide) groups is 1. The largest absolute Gasteiger partial charge is 0.489 e. The van der Waals surface area contributed by atoms with Crippen molar-refractivity contribution < 1.29 is 14.6 Å². The molecule has 0 unspecified atom stereocenters. The molecule has 0 saturated heterocycles. The number of carboxylic acids is 1. The molecule has 3 aromatic carbocycles. The van der Waals surface area contributed by atoms with Gasteiger partial charge in [0.05, 0.1) is 0 Å². The van der Waals surface area contributed by atoms with Crippen LogP contribution in [0, 0.1) is 0 Å². The molecule has 0 aliphatic heterocycles. The van der Waals surface area contributed by atoms with Gasteiger partial charge in [-0.1, -0.05) is 48.5 Å². The zero-order valence-corrected chi connectivity index (χ0v) is 16.0. The van der Waals surface area contributed by atoms with E-state index in [0.717, 1.165) is 16.9 Å². The van der Waals surface area contributed by atoms with E-state index in [2.05, 4.69) is 54.8 Å². The molecule has 0 bridgehead atoms. The number of carbonyl (C=O) groups is 1. The van der Waals surface area contributed by atoms with Gasteiger partial charge in [-0.3, -0.25) is 4.79 Å². The maximum atomic E-state index is 10.6. The lowest BCUT2D eigenvalue weighted by Gasteiger charge is -2.11. The molecule has 0 atom stereocenters. The topological polar surface area (TPSA) is 46.5 Å². The van der Waals surface area contributed by atoms with Crippen molar-refractivity contribution in [1.82, 2.24) is 0 Å². The number of aliphatic carboxylic acids is 1. The van der Waals surface area contributed by atoms with E-state index in [0.29, 0.717) is 13.0 Å². The summed E-state index contributed by atoms with van der Waals surface area (Å²) < 4.78 is 5.90. The SMILES string of the molecule is CSc1ccccc1-c1cccc(COc2ccc(CCC(=O)O)cc2)c1. The van der Waals surface area contributed by atoms with Gasteiger partial charge in [0.2, 0.25) is 0 Å². The predicted octanol–water partition coefficient (Wildman–Crippen LogP) is 5.67. The molecule has 3 nitrogen and oxygen atoms in total. The summed E-state index contributed by atoms with van der Waals surface area (Å²) in [5, 5.41) is 8.75. The van der Waals surface area contributed by atoms with Crippen LogP contribution in [0.1, 0.15) is 17.5 Å². The number of rotatable bonds is 8. The number of hydrogen-bond acceptors (Lipinski definition) is 3. The third-order valence-corrected chi connectivity index (χ3v) is 5.10. The fraction of sp³-hybridized carbons (Fsp3) is 0.174. The summed E-state index contributed by atoms with van der Waals surface area (Å²) >= 11 is 1.75. The van der Waals surface area contributed by atoms with Crippen molar-refractivity contribution in [3.63, 3.8) is 0 Å². The summed E-state index contributed by atoms with van der Waals surface area (Å²) in [6, 6.07) is 24.4. The molecule has 3 aromatic rings. The van der Waals surface area contributed by atoms with E-state index in [9.17, 15) is 4.79 Å². The van der Waals surface area contributed by atoms with Gasteiger partial charge in [-0.25, -0.2) is 0 Å². The average Bonchev–Trinajstić information content (AvgIpc) is 2.71. The van der Waals surface area contributed by atoms with Gasteiger partial charge in [-0.2, -0.15) is 0 Å². The maximum absolute atomic E-state index is 10.6. The third-order valence-electron chi connectivity index (χ3n) is 4.30. The molecule has 0 radical (unpaired) electrons. The first-order valence-corrected chi connectivity index (χ1v) is 10.0. The number of carboxylic acid groups (broad SMARTS) is 1. The number of benzene rings is 3. The minimum absolute atomic E-state index is 0.143. The van der Waals surface area contributed by atoms with Crippen molar-refractivity contribution in [2.24, 2.45) is 0 Å². The Bertz CT molecular complexity index is 904. The molecule has 0 saturated carbocycles. The second kappa shape index (κ2) is 9.28. The smallest absolute Gasteiger partial charge is 0.303 e. The number of ether oxygens (including phenoxy) is 1. The zero-order chi connectivity index (χ0) is 19.1. The Balaban J connectivity index is 1.66. The molecule has 138 valence electrons. The van der Waals surface area contributed by atoms with Crippen LogP contribution in [0.25, 0.3) is 11.1 Å². The maximum Gasteiger partial charge on any atom is 0.303 e. The Morgan fingerprint density at radius 1 is 0.963 bits per heavy atom. The average molecular weight is 378 g/mol. The molecule has 3 rings (SSSR count). The van der Waals surface area contributed by atoms with E-state index in [1.165, 1.54) is 16.0 Å². The molecule has 0 amide bonds. The highest BCUT2D eigenvalue weighted by Crippen LogP contribution is 2.30. The summed E-state index contributed by atoms with van der Waals surface area (Å²) in [7, 11) is 0. The summed E-state index contributed by atoms with van der Waals surface area (Å²) in [6.45, 7) is 0.490. The van der Waals surface area contributed by atoms with Crippen LogP contribution in [-0.2, 0) is 17.8 Å². The molecule has 0 spiro atoms. The highest BCUT2D eigenvalue weighted by atomic mass is 32.2. The van der Waals surface area contributed by atoms with E-state index in [1.807, 2.05) is 24.3 Å². The predicted molar refractivity (Wildman–Crippen MR) is 110 cm³/mol. The van der Waals surface area contributed by atoms with Crippen LogP contribution in [0.3, 0.4) is 0 Å². The lowest BCUT2D eigenvalue weighted by atomic mass is 10.0.